The van der Waals surface area contributed by atoms with Crippen LogP contribution in [0, 0.1) is 11.6 Å². The van der Waals surface area contributed by atoms with E-state index in [2.05, 4.69) is 20.2 Å². The van der Waals surface area contributed by atoms with Crippen molar-refractivity contribution < 1.29 is 43.2 Å². The van der Waals surface area contributed by atoms with Gasteiger partial charge in [-0.1, -0.05) is 24.3 Å². The Balaban J connectivity index is 0.000000147. The predicted molar refractivity (Wildman–Crippen MR) is 147 cm³/mol. The summed E-state index contributed by atoms with van der Waals surface area (Å²) in [5.74, 6) is -1.02. The van der Waals surface area contributed by atoms with Gasteiger partial charge in [0.1, 0.15) is 34.5 Å². The number of rotatable bonds is 6. The predicted octanol–water partition coefficient (Wildman–Crippen LogP) is 4.61. The Bertz CT molecular complexity index is 1880. The van der Waals surface area contributed by atoms with Crippen LogP contribution in [0.2, 0.25) is 0 Å². The number of sulfone groups is 2. The minimum absolute atomic E-state index is 0.0520. The summed E-state index contributed by atoms with van der Waals surface area (Å²) in [6.45, 7) is 0. The fraction of sp³-hybridized carbons (Fsp3) is 0.429. The second-order valence-electron chi connectivity index (χ2n) is 11.6. The van der Waals surface area contributed by atoms with Gasteiger partial charge >= 0.3 is 0 Å². The Hall–Kier alpha value is -3.80. The van der Waals surface area contributed by atoms with Crippen LogP contribution in [0.15, 0.2) is 58.8 Å². The molecular formula is C28H24F6N6O4S2. The highest BCUT2D eigenvalue weighted by atomic mass is 32.2. The van der Waals surface area contributed by atoms with E-state index in [1.807, 2.05) is 0 Å². The van der Waals surface area contributed by atoms with E-state index in [0.717, 1.165) is 0 Å². The highest BCUT2D eigenvalue weighted by Crippen LogP contribution is 2.43. The Morgan fingerprint density at radius 3 is 1.20 bits per heavy atom. The number of hydrogen-bond acceptors (Lipinski definition) is 8. The summed E-state index contributed by atoms with van der Waals surface area (Å²) in [6.07, 6.45) is -5.81. The number of fused-ring (bicyclic) bond motifs is 2. The van der Waals surface area contributed by atoms with Crippen LogP contribution in [-0.2, 0) is 19.7 Å². The molecule has 2 aromatic heterocycles. The zero-order chi connectivity index (χ0) is 32.7. The Kier molecular flexibility index (Phi) is 7.30. The van der Waals surface area contributed by atoms with Crippen molar-refractivity contribution in [2.24, 2.45) is 0 Å². The first-order valence-electron chi connectivity index (χ1n) is 14.2. The first kappa shape index (κ1) is 30.8. The van der Waals surface area contributed by atoms with Gasteiger partial charge in [-0.2, -0.15) is 9.97 Å². The molecule has 10 nitrogen and oxygen atoms in total. The average molecular weight is 687 g/mol. The fourth-order valence-electron chi connectivity index (χ4n) is 5.68. The maximum atomic E-state index is 14.2. The first-order valence-corrected chi connectivity index (χ1v) is 17.3. The molecule has 0 bridgehead atoms. The van der Waals surface area contributed by atoms with Crippen LogP contribution >= 0.6 is 0 Å². The lowest BCUT2D eigenvalue weighted by molar-refractivity contribution is 0.326. The van der Waals surface area contributed by atoms with E-state index in [1.54, 1.807) is 0 Å². The number of nitrogens with zero attached hydrogens (tertiary/aromatic N) is 6. The van der Waals surface area contributed by atoms with Crippen LogP contribution in [0.4, 0.5) is 26.3 Å². The monoisotopic (exact) mass is 686 g/mol. The second-order valence-corrected chi connectivity index (χ2v) is 15.7. The van der Waals surface area contributed by atoms with Crippen LogP contribution in [-0.4, -0.2) is 69.2 Å². The van der Waals surface area contributed by atoms with Gasteiger partial charge in [0.2, 0.25) is 19.7 Å². The molecule has 4 heterocycles. The van der Waals surface area contributed by atoms with Crippen LogP contribution in [0.5, 0.6) is 0 Å². The van der Waals surface area contributed by atoms with E-state index in [9.17, 15) is 43.2 Å². The molecule has 0 saturated heterocycles. The summed E-state index contributed by atoms with van der Waals surface area (Å²) in [5, 5.41) is 4.48. The summed E-state index contributed by atoms with van der Waals surface area (Å²) < 4.78 is 132. The Morgan fingerprint density at radius 1 is 0.565 bits per heavy atom. The molecule has 0 radical (unpaired) electrons. The lowest BCUT2D eigenvalue weighted by atomic mass is 10.0. The third-order valence-corrected chi connectivity index (χ3v) is 12.4. The summed E-state index contributed by atoms with van der Waals surface area (Å²) in [5.41, 5.74) is 1.22. The van der Waals surface area contributed by atoms with Crippen LogP contribution in [0.1, 0.15) is 72.9 Å². The number of halogens is 6. The van der Waals surface area contributed by atoms with E-state index in [-0.39, 0.29) is 37.3 Å². The largest absolute Gasteiger partial charge is 0.267 e. The molecule has 2 aliphatic heterocycles. The standard InChI is InChI=1S/2C14H12F3N3O2S/c2*15-8-3-1-7(2-4-8)11-5-10(17)13-18-14(19-20(11)13)23(21,22)12-6-9(12)16/h2*1-4,9-12H,5-6H2/t9-,10+,11+,12-;9-,10-,11-,12-/m10/s1. The summed E-state index contributed by atoms with van der Waals surface area (Å²) >= 11 is 0. The smallest absolute Gasteiger partial charge is 0.246 e. The third-order valence-electron chi connectivity index (χ3n) is 8.42. The van der Waals surface area contributed by atoms with Gasteiger partial charge in [0, 0.05) is 12.8 Å². The van der Waals surface area contributed by atoms with Gasteiger partial charge in [-0.05, 0) is 48.2 Å². The SMILES string of the molecule is O=S(=O)(c1nc2n(n1)[C@H](c1ccc(F)cc1)C[C@@H]2F)[C@@H]1C[C@H]1F.O=S(=O)(c1nc2n(n1)[C@H](c1ccc(F)cc1)C[C@@H]2F)[C@H]1C[C@@H]1F. The Labute approximate surface area is 258 Å². The molecule has 4 aromatic rings. The summed E-state index contributed by atoms with van der Waals surface area (Å²) in [6, 6.07) is 9.84. The molecule has 8 atom stereocenters. The second kappa shape index (κ2) is 10.9. The Morgan fingerprint density at radius 2 is 0.891 bits per heavy atom. The summed E-state index contributed by atoms with van der Waals surface area (Å²) in [7, 11) is -7.95. The van der Waals surface area contributed by atoms with Gasteiger partial charge in [-0.15, -0.1) is 10.2 Å². The number of hydrogen-bond donors (Lipinski definition) is 0. The molecule has 2 saturated carbocycles. The number of alkyl halides is 4. The molecule has 0 N–H and O–H groups in total. The molecule has 8 rings (SSSR count). The van der Waals surface area contributed by atoms with Gasteiger partial charge in [0.05, 0.1) is 12.1 Å². The van der Waals surface area contributed by atoms with Gasteiger partial charge in [0.25, 0.3) is 10.3 Å². The van der Waals surface area contributed by atoms with Crippen molar-refractivity contribution in [2.75, 3.05) is 0 Å². The van der Waals surface area contributed by atoms with Crippen molar-refractivity contribution in [1.82, 2.24) is 29.5 Å². The topological polar surface area (TPSA) is 130 Å². The third kappa shape index (κ3) is 5.28. The van der Waals surface area contributed by atoms with Crippen molar-refractivity contribution in [2.45, 2.75) is 83.3 Å². The number of aromatic nitrogens is 6. The summed E-state index contributed by atoms with van der Waals surface area (Å²) in [4.78, 5) is 7.56. The van der Waals surface area contributed by atoms with Gasteiger partial charge < -0.3 is 0 Å². The van der Waals surface area contributed by atoms with E-state index >= 15 is 0 Å². The lowest BCUT2D eigenvalue weighted by Gasteiger charge is -2.11. The zero-order valence-corrected chi connectivity index (χ0v) is 25.1. The molecule has 0 unspecified atom stereocenters. The minimum atomic E-state index is -3.97. The molecule has 4 aliphatic rings. The minimum Gasteiger partial charge on any atom is -0.246 e. The van der Waals surface area contributed by atoms with E-state index in [1.165, 1.54) is 57.9 Å². The van der Waals surface area contributed by atoms with Gasteiger partial charge in [-0.3, -0.25) is 0 Å². The normalized spacial score (nSPS) is 29.5. The van der Waals surface area contributed by atoms with Crippen molar-refractivity contribution in [3.8, 4) is 0 Å². The highest BCUT2D eigenvalue weighted by Gasteiger charge is 2.52. The molecule has 244 valence electrons. The maximum Gasteiger partial charge on any atom is 0.267 e. The molecule has 2 aliphatic carbocycles. The van der Waals surface area contributed by atoms with Crippen molar-refractivity contribution in [3.63, 3.8) is 0 Å². The lowest BCUT2D eigenvalue weighted by Crippen LogP contribution is -2.14. The highest BCUT2D eigenvalue weighted by molar-refractivity contribution is 7.92. The van der Waals surface area contributed by atoms with Crippen molar-refractivity contribution in [3.05, 3.63) is 82.9 Å². The quantitative estimate of drug-likeness (QED) is 0.269. The maximum absolute atomic E-state index is 14.2. The van der Waals surface area contributed by atoms with Crippen molar-refractivity contribution in [1.29, 1.82) is 0 Å². The van der Waals surface area contributed by atoms with Crippen LogP contribution < -0.4 is 0 Å². The molecule has 2 fully saturated rings. The zero-order valence-electron chi connectivity index (χ0n) is 23.5. The van der Waals surface area contributed by atoms with E-state index in [0.29, 0.717) is 11.1 Å². The van der Waals surface area contributed by atoms with Gasteiger partial charge in [-0.25, -0.2) is 52.5 Å². The molecular weight excluding hydrogens is 662 g/mol. The fourth-order valence-corrected chi connectivity index (χ4v) is 8.72. The molecule has 0 amide bonds. The molecule has 2 aromatic carbocycles. The van der Waals surface area contributed by atoms with E-state index in [4.69, 9.17) is 0 Å². The molecule has 0 spiro atoms. The van der Waals surface area contributed by atoms with E-state index < -0.39 is 88.9 Å². The first-order chi connectivity index (χ1) is 21.8. The van der Waals surface area contributed by atoms with Crippen LogP contribution in [0.3, 0.4) is 0 Å². The molecule has 46 heavy (non-hydrogen) atoms. The number of benzene rings is 2. The average Bonchev–Trinajstić information content (AvgIpc) is 3.67. The van der Waals surface area contributed by atoms with Crippen LogP contribution in [0.25, 0.3) is 0 Å². The molecule has 18 heteroatoms. The van der Waals surface area contributed by atoms with Crippen molar-refractivity contribution >= 4 is 19.7 Å². The van der Waals surface area contributed by atoms with Gasteiger partial charge in [0.15, 0.2) is 24.0 Å².